The van der Waals surface area contributed by atoms with Gasteiger partial charge in [0.15, 0.2) is 11.6 Å². The Morgan fingerprint density at radius 1 is 1.26 bits per heavy atom. The molecule has 1 aromatic carbocycles. The Balaban J connectivity index is 2.90. The smallest absolute Gasteiger partial charge is 0.168 e. The van der Waals surface area contributed by atoms with Crippen molar-refractivity contribution in [3.05, 3.63) is 29.6 Å². The number of halogens is 1. The van der Waals surface area contributed by atoms with Crippen molar-refractivity contribution in [1.29, 1.82) is 0 Å². The minimum absolute atomic E-state index is 0.0937. The first-order valence-electron chi connectivity index (χ1n) is 6.41. The van der Waals surface area contributed by atoms with E-state index in [4.69, 9.17) is 15.2 Å². The number of benzene rings is 1. The minimum Gasteiger partial charge on any atom is -0.494 e. The standard InChI is InChI=1S/C15H24FNO2/c1-15(2,3)14(19-5)11(17)9-10-7-6-8-12(18-4)13(10)16/h6-8,11,14H,9,17H2,1-5H3. The van der Waals surface area contributed by atoms with Crippen LogP contribution in [0.2, 0.25) is 0 Å². The summed E-state index contributed by atoms with van der Waals surface area (Å²) in [5.74, 6) is -0.0985. The molecular weight excluding hydrogens is 245 g/mol. The van der Waals surface area contributed by atoms with E-state index < -0.39 is 0 Å². The SMILES string of the molecule is COc1cccc(CC(N)C(OC)C(C)(C)C)c1F. The molecule has 1 rings (SSSR count). The van der Waals surface area contributed by atoms with E-state index in [0.717, 1.165) is 0 Å². The van der Waals surface area contributed by atoms with Gasteiger partial charge in [0, 0.05) is 13.2 Å². The third kappa shape index (κ3) is 3.91. The molecule has 108 valence electrons. The maximum absolute atomic E-state index is 14.1. The summed E-state index contributed by atoms with van der Waals surface area (Å²) in [6.07, 6.45) is 0.275. The zero-order chi connectivity index (χ0) is 14.6. The third-order valence-electron chi connectivity index (χ3n) is 3.22. The van der Waals surface area contributed by atoms with Crippen LogP contribution in [0.5, 0.6) is 5.75 Å². The van der Waals surface area contributed by atoms with Crippen LogP contribution in [0, 0.1) is 11.2 Å². The van der Waals surface area contributed by atoms with Crippen molar-refractivity contribution >= 4 is 0 Å². The molecule has 4 heteroatoms. The molecule has 2 unspecified atom stereocenters. The lowest BCUT2D eigenvalue weighted by Gasteiger charge is -2.34. The van der Waals surface area contributed by atoms with Crippen molar-refractivity contribution in [2.75, 3.05) is 14.2 Å². The lowest BCUT2D eigenvalue weighted by atomic mass is 9.82. The Labute approximate surface area is 114 Å². The Morgan fingerprint density at radius 2 is 1.89 bits per heavy atom. The van der Waals surface area contributed by atoms with Gasteiger partial charge in [0.05, 0.1) is 13.2 Å². The predicted molar refractivity (Wildman–Crippen MR) is 74.9 cm³/mol. The predicted octanol–water partition coefficient (Wildman–Crippen LogP) is 2.77. The van der Waals surface area contributed by atoms with Crippen molar-refractivity contribution in [3.8, 4) is 5.75 Å². The third-order valence-corrected chi connectivity index (χ3v) is 3.22. The molecule has 0 aliphatic rings. The zero-order valence-corrected chi connectivity index (χ0v) is 12.4. The van der Waals surface area contributed by atoms with Crippen LogP contribution in [0.15, 0.2) is 18.2 Å². The highest BCUT2D eigenvalue weighted by Gasteiger charge is 2.30. The molecule has 19 heavy (non-hydrogen) atoms. The molecule has 2 atom stereocenters. The first-order chi connectivity index (χ1) is 8.81. The number of ether oxygens (including phenoxy) is 2. The van der Waals surface area contributed by atoms with Crippen LogP contribution in [0.25, 0.3) is 0 Å². The Hall–Kier alpha value is -1.13. The van der Waals surface area contributed by atoms with E-state index >= 15 is 0 Å². The molecule has 3 nitrogen and oxygen atoms in total. The zero-order valence-electron chi connectivity index (χ0n) is 12.4. The maximum Gasteiger partial charge on any atom is 0.168 e. The number of methoxy groups -OCH3 is 2. The summed E-state index contributed by atoms with van der Waals surface area (Å²) >= 11 is 0. The van der Waals surface area contributed by atoms with E-state index in [9.17, 15) is 4.39 Å². The average Bonchev–Trinajstić information content (AvgIpc) is 2.31. The van der Waals surface area contributed by atoms with Gasteiger partial charge in [0.2, 0.25) is 0 Å². The van der Waals surface area contributed by atoms with Gasteiger partial charge in [0.25, 0.3) is 0 Å². The summed E-state index contributed by atoms with van der Waals surface area (Å²) in [6.45, 7) is 6.18. The summed E-state index contributed by atoms with van der Waals surface area (Å²) in [6, 6.07) is 4.82. The summed E-state index contributed by atoms with van der Waals surface area (Å²) in [7, 11) is 3.09. The van der Waals surface area contributed by atoms with Gasteiger partial charge in [-0.25, -0.2) is 4.39 Å². The molecule has 0 bridgehead atoms. The molecular formula is C15H24FNO2. The van der Waals surface area contributed by atoms with Gasteiger partial charge in [-0.3, -0.25) is 0 Å². The molecule has 0 spiro atoms. The average molecular weight is 269 g/mol. The molecule has 0 amide bonds. The lowest BCUT2D eigenvalue weighted by Crippen LogP contribution is -2.46. The van der Waals surface area contributed by atoms with Crippen LogP contribution in [-0.2, 0) is 11.2 Å². The summed E-state index contributed by atoms with van der Waals surface area (Å²) in [5.41, 5.74) is 6.63. The van der Waals surface area contributed by atoms with Crippen LogP contribution < -0.4 is 10.5 Å². The Kier molecular flexibility index (Phi) is 5.32. The van der Waals surface area contributed by atoms with E-state index in [-0.39, 0.29) is 29.1 Å². The van der Waals surface area contributed by atoms with Gasteiger partial charge in [-0.05, 0) is 23.5 Å². The maximum atomic E-state index is 14.1. The molecule has 0 aliphatic heterocycles. The van der Waals surface area contributed by atoms with E-state index in [0.29, 0.717) is 12.0 Å². The quantitative estimate of drug-likeness (QED) is 0.894. The normalized spacial score (nSPS) is 15.1. The van der Waals surface area contributed by atoms with Gasteiger partial charge in [-0.1, -0.05) is 32.9 Å². The van der Waals surface area contributed by atoms with E-state index in [2.05, 4.69) is 20.8 Å². The lowest BCUT2D eigenvalue weighted by molar-refractivity contribution is -0.00182. The summed E-state index contributed by atoms with van der Waals surface area (Å²) < 4.78 is 24.5. The first-order valence-corrected chi connectivity index (χ1v) is 6.41. The van der Waals surface area contributed by atoms with Gasteiger partial charge in [-0.15, -0.1) is 0 Å². The van der Waals surface area contributed by atoms with Crippen LogP contribution in [-0.4, -0.2) is 26.4 Å². The monoisotopic (exact) mass is 269 g/mol. The molecule has 0 radical (unpaired) electrons. The Bertz CT molecular complexity index is 415. The molecule has 0 saturated carbocycles. The molecule has 1 aromatic rings. The van der Waals surface area contributed by atoms with Crippen molar-refractivity contribution in [2.45, 2.75) is 39.3 Å². The molecule has 0 heterocycles. The topological polar surface area (TPSA) is 44.5 Å². The minimum atomic E-state index is -0.343. The highest BCUT2D eigenvalue weighted by Crippen LogP contribution is 2.27. The highest BCUT2D eigenvalue weighted by atomic mass is 19.1. The van der Waals surface area contributed by atoms with E-state index in [1.165, 1.54) is 7.11 Å². The molecule has 0 aromatic heterocycles. The van der Waals surface area contributed by atoms with E-state index in [1.54, 1.807) is 25.3 Å². The van der Waals surface area contributed by atoms with Gasteiger partial charge < -0.3 is 15.2 Å². The van der Waals surface area contributed by atoms with Crippen LogP contribution in [0.3, 0.4) is 0 Å². The van der Waals surface area contributed by atoms with Crippen LogP contribution in [0.1, 0.15) is 26.3 Å². The van der Waals surface area contributed by atoms with Crippen molar-refractivity contribution in [2.24, 2.45) is 11.1 Å². The Morgan fingerprint density at radius 3 is 2.37 bits per heavy atom. The van der Waals surface area contributed by atoms with Crippen molar-refractivity contribution in [3.63, 3.8) is 0 Å². The number of hydrogen-bond acceptors (Lipinski definition) is 3. The fourth-order valence-electron chi connectivity index (χ4n) is 2.40. The van der Waals surface area contributed by atoms with Gasteiger partial charge in [-0.2, -0.15) is 0 Å². The second kappa shape index (κ2) is 6.35. The summed E-state index contributed by atoms with van der Waals surface area (Å²) in [4.78, 5) is 0. The molecule has 2 N–H and O–H groups in total. The largest absolute Gasteiger partial charge is 0.494 e. The number of rotatable bonds is 5. The van der Waals surface area contributed by atoms with E-state index in [1.807, 2.05) is 0 Å². The van der Waals surface area contributed by atoms with Crippen LogP contribution >= 0.6 is 0 Å². The second-order valence-corrected chi connectivity index (χ2v) is 5.82. The van der Waals surface area contributed by atoms with Gasteiger partial charge in [0.1, 0.15) is 0 Å². The van der Waals surface area contributed by atoms with Gasteiger partial charge >= 0.3 is 0 Å². The summed E-state index contributed by atoms with van der Waals surface area (Å²) in [5, 5.41) is 0. The number of nitrogens with two attached hydrogens (primary N) is 1. The molecule has 0 saturated heterocycles. The van der Waals surface area contributed by atoms with Crippen LogP contribution in [0.4, 0.5) is 4.39 Å². The first kappa shape index (κ1) is 15.9. The molecule has 0 fully saturated rings. The highest BCUT2D eigenvalue weighted by molar-refractivity contribution is 5.31. The number of hydrogen-bond donors (Lipinski definition) is 1. The fraction of sp³-hybridized carbons (Fsp3) is 0.600. The molecule has 0 aliphatic carbocycles. The second-order valence-electron chi connectivity index (χ2n) is 5.82. The fourth-order valence-corrected chi connectivity index (χ4v) is 2.40. The van der Waals surface area contributed by atoms with Crippen molar-refractivity contribution < 1.29 is 13.9 Å². The van der Waals surface area contributed by atoms with Crippen molar-refractivity contribution in [1.82, 2.24) is 0 Å².